The Labute approximate surface area is 132 Å². The first-order chi connectivity index (χ1) is 10.5. The first kappa shape index (κ1) is 15.0. The van der Waals surface area contributed by atoms with Crippen molar-refractivity contribution in [2.75, 3.05) is 14.2 Å². The number of methoxy groups -OCH3 is 2. The largest absolute Gasteiger partial charge is 0.468 e. The Bertz CT molecular complexity index is 665. The van der Waals surface area contributed by atoms with Gasteiger partial charge in [-0.05, 0) is 36.1 Å². The maximum Gasteiger partial charge on any atom is 0.323 e. The fourth-order valence-corrected chi connectivity index (χ4v) is 4.05. The molecular formula is C16H15ClO5. The lowest BCUT2D eigenvalue weighted by molar-refractivity contribution is -0.184. The minimum atomic E-state index is -1.38. The van der Waals surface area contributed by atoms with Gasteiger partial charge in [-0.3, -0.25) is 14.4 Å². The monoisotopic (exact) mass is 322 g/mol. The highest BCUT2D eigenvalue weighted by atomic mass is 35.5. The molecule has 1 aromatic rings. The van der Waals surface area contributed by atoms with E-state index in [1.54, 1.807) is 18.2 Å². The lowest BCUT2D eigenvalue weighted by atomic mass is 9.48. The zero-order valence-corrected chi connectivity index (χ0v) is 13.0. The normalized spacial score (nSPS) is 24.6. The van der Waals surface area contributed by atoms with Crippen LogP contribution >= 0.6 is 11.6 Å². The first-order valence-corrected chi connectivity index (χ1v) is 7.33. The lowest BCUT2D eigenvalue weighted by Gasteiger charge is -2.53. The van der Waals surface area contributed by atoms with E-state index >= 15 is 0 Å². The summed E-state index contributed by atoms with van der Waals surface area (Å²) in [4.78, 5) is 36.8. The van der Waals surface area contributed by atoms with E-state index in [9.17, 15) is 14.4 Å². The number of hydrogen-bond donors (Lipinski definition) is 0. The van der Waals surface area contributed by atoms with E-state index in [1.807, 2.05) is 0 Å². The zero-order valence-electron chi connectivity index (χ0n) is 12.2. The average molecular weight is 323 g/mol. The van der Waals surface area contributed by atoms with E-state index in [1.165, 1.54) is 14.2 Å². The summed E-state index contributed by atoms with van der Waals surface area (Å²) in [6.07, 6.45) is 0.573. The second-order valence-electron chi connectivity index (χ2n) is 5.76. The Kier molecular flexibility index (Phi) is 3.48. The molecule has 22 heavy (non-hydrogen) atoms. The number of esters is 2. The third kappa shape index (κ3) is 1.81. The molecule has 0 N–H and O–H groups in total. The predicted octanol–water partition coefficient (Wildman–Crippen LogP) is 2.36. The smallest absolute Gasteiger partial charge is 0.323 e. The number of ketones is 1. The highest BCUT2D eigenvalue weighted by Gasteiger charge is 2.67. The number of fused-ring (bicyclic) bond motifs is 3. The van der Waals surface area contributed by atoms with Gasteiger partial charge >= 0.3 is 11.9 Å². The van der Waals surface area contributed by atoms with Crippen molar-refractivity contribution in [1.29, 1.82) is 0 Å². The van der Waals surface area contributed by atoms with Crippen molar-refractivity contribution in [3.05, 3.63) is 34.3 Å². The molecule has 1 aromatic carbocycles. The summed E-state index contributed by atoms with van der Waals surface area (Å²) in [5, 5.41) is 0.461. The molecule has 2 atom stereocenters. The quantitative estimate of drug-likeness (QED) is 0.617. The maximum atomic E-state index is 12.3. The van der Waals surface area contributed by atoms with E-state index in [-0.39, 0.29) is 18.1 Å². The maximum absolute atomic E-state index is 12.3. The molecule has 2 aliphatic rings. The van der Waals surface area contributed by atoms with Gasteiger partial charge in [0.25, 0.3) is 0 Å². The highest BCUT2D eigenvalue weighted by molar-refractivity contribution is 6.30. The van der Waals surface area contributed by atoms with Crippen LogP contribution < -0.4 is 0 Å². The van der Waals surface area contributed by atoms with Crippen molar-refractivity contribution in [3.63, 3.8) is 0 Å². The molecule has 0 aliphatic heterocycles. The van der Waals surface area contributed by atoms with Crippen LogP contribution in [0.5, 0.6) is 0 Å². The van der Waals surface area contributed by atoms with Crippen molar-refractivity contribution in [3.8, 4) is 0 Å². The number of carbonyl (C=O) groups excluding carboxylic acids is 3. The van der Waals surface area contributed by atoms with E-state index in [4.69, 9.17) is 21.1 Å². The topological polar surface area (TPSA) is 69.7 Å². The number of hydrogen-bond acceptors (Lipinski definition) is 5. The molecule has 1 fully saturated rings. The summed E-state index contributed by atoms with van der Waals surface area (Å²) in [6.45, 7) is 0. The number of ether oxygens (including phenoxy) is 2. The van der Waals surface area contributed by atoms with E-state index in [2.05, 4.69) is 0 Å². The van der Waals surface area contributed by atoms with E-state index in [0.29, 0.717) is 22.6 Å². The van der Waals surface area contributed by atoms with Gasteiger partial charge in [0, 0.05) is 22.9 Å². The van der Waals surface area contributed by atoms with E-state index < -0.39 is 23.3 Å². The number of Topliss-reactive ketones (excluding diaryl/α,β-unsaturated/α-hetero) is 1. The van der Waals surface area contributed by atoms with Crippen molar-refractivity contribution in [2.45, 2.75) is 18.8 Å². The summed E-state index contributed by atoms with van der Waals surface area (Å²) in [5.74, 6) is -1.74. The first-order valence-electron chi connectivity index (χ1n) is 6.95. The van der Waals surface area contributed by atoms with Crippen LogP contribution in [0.4, 0.5) is 0 Å². The molecule has 0 amide bonds. The Morgan fingerprint density at radius 3 is 2.45 bits per heavy atom. The van der Waals surface area contributed by atoms with Crippen molar-refractivity contribution in [2.24, 2.45) is 11.3 Å². The predicted molar refractivity (Wildman–Crippen MR) is 77.7 cm³/mol. The van der Waals surface area contributed by atoms with Crippen molar-refractivity contribution < 1.29 is 23.9 Å². The molecule has 0 aromatic heterocycles. The summed E-state index contributed by atoms with van der Waals surface area (Å²) in [6, 6.07) is 4.94. The van der Waals surface area contributed by atoms with Crippen LogP contribution in [0.3, 0.4) is 0 Å². The average Bonchev–Trinajstić information content (AvgIpc) is 2.48. The SMILES string of the molecule is COC(=O)C1(C(=O)OC)CC2CC(=O)c3ccc(Cl)cc3C21. The molecule has 0 heterocycles. The second kappa shape index (κ2) is 5.09. The Morgan fingerprint density at radius 2 is 1.86 bits per heavy atom. The summed E-state index contributed by atoms with van der Waals surface area (Å²) in [5.41, 5.74) is -0.229. The molecule has 2 aliphatic carbocycles. The fraction of sp³-hybridized carbons (Fsp3) is 0.438. The Hall–Kier alpha value is -1.88. The van der Waals surface area contributed by atoms with Crippen LogP contribution in [0.15, 0.2) is 18.2 Å². The molecule has 6 heteroatoms. The van der Waals surface area contributed by atoms with Gasteiger partial charge in [0.15, 0.2) is 11.2 Å². The summed E-state index contributed by atoms with van der Waals surface area (Å²) < 4.78 is 9.69. The van der Waals surface area contributed by atoms with Crippen LogP contribution in [-0.4, -0.2) is 31.9 Å². The number of benzene rings is 1. The molecule has 1 saturated carbocycles. The molecule has 3 rings (SSSR count). The number of rotatable bonds is 2. The minimum Gasteiger partial charge on any atom is -0.468 e. The van der Waals surface area contributed by atoms with Crippen LogP contribution in [0.25, 0.3) is 0 Å². The second-order valence-corrected chi connectivity index (χ2v) is 6.19. The van der Waals surface area contributed by atoms with Crippen LogP contribution in [0.2, 0.25) is 5.02 Å². The molecule has 5 nitrogen and oxygen atoms in total. The summed E-state index contributed by atoms with van der Waals surface area (Å²) >= 11 is 6.04. The van der Waals surface area contributed by atoms with Gasteiger partial charge in [0.05, 0.1) is 14.2 Å². The molecule has 0 saturated heterocycles. The Balaban J connectivity index is 2.16. The van der Waals surface area contributed by atoms with Crippen molar-refractivity contribution in [1.82, 2.24) is 0 Å². The van der Waals surface area contributed by atoms with Crippen LogP contribution in [0, 0.1) is 11.3 Å². The molecule has 2 unspecified atom stereocenters. The zero-order chi connectivity index (χ0) is 16.1. The van der Waals surface area contributed by atoms with Gasteiger partial charge in [0.2, 0.25) is 0 Å². The van der Waals surface area contributed by atoms with Crippen LogP contribution in [0.1, 0.15) is 34.7 Å². The van der Waals surface area contributed by atoms with Gasteiger partial charge in [-0.1, -0.05) is 11.6 Å². The fourth-order valence-electron chi connectivity index (χ4n) is 3.87. The standard InChI is InChI=1S/C16H15ClO5/c1-21-14(19)16(15(20)22-2)7-8-5-12(18)10-4-3-9(17)6-11(10)13(8)16/h3-4,6,8,13H,5,7H2,1-2H3. The number of carbonyl (C=O) groups is 3. The van der Waals surface area contributed by atoms with Gasteiger partial charge in [-0.15, -0.1) is 0 Å². The van der Waals surface area contributed by atoms with Gasteiger partial charge < -0.3 is 9.47 Å². The van der Waals surface area contributed by atoms with Gasteiger partial charge in [-0.25, -0.2) is 0 Å². The third-order valence-corrected chi connectivity index (χ3v) is 5.02. The summed E-state index contributed by atoms with van der Waals surface area (Å²) in [7, 11) is 2.49. The molecule has 0 spiro atoms. The molecule has 0 bridgehead atoms. The van der Waals surface area contributed by atoms with Gasteiger partial charge in [-0.2, -0.15) is 0 Å². The molecule has 116 valence electrons. The molecular weight excluding hydrogens is 308 g/mol. The van der Waals surface area contributed by atoms with Gasteiger partial charge in [0.1, 0.15) is 0 Å². The number of halogens is 1. The van der Waals surface area contributed by atoms with E-state index in [0.717, 1.165) is 0 Å². The molecule has 0 radical (unpaired) electrons. The minimum absolute atomic E-state index is 0.0104. The van der Waals surface area contributed by atoms with Crippen LogP contribution in [-0.2, 0) is 19.1 Å². The highest BCUT2D eigenvalue weighted by Crippen LogP contribution is 2.62. The Morgan fingerprint density at radius 1 is 1.23 bits per heavy atom. The lowest BCUT2D eigenvalue weighted by Crippen LogP contribution is -2.59. The third-order valence-electron chi connectivity index (χ3n) is 4.78. The van der Waals surface area contributed by atoms with Crippen molar-refractivity contribution >= 4 is 29.3 Å².